The lowest BCUT2D eigenvalue weighted by atomic mass is 10.1. The average Bonchev–Trinajstić information content (AvgIpc) is 3.02. The highest BCUT2D eigenvalue weighted by Crippen LogP contribution is 2.23. The van der Waals surface area contributed by atoms with E-state index in [1.807, 2.05) is 18.2 Å². The number of furan rings is 1. The first-order chi connectivity index (χ1) is 13.0. The third-order valence-corrected chi connectivity index (χ3v) is 5.07. The van der Waals surface area contributed by atoms with Crippen molar-refractivity contribution in [3.05, 3.63) is 63.9 Å². The van der Waals surface area contributed by atoms with Crippen LogP contribution in [0.2, 0.25) is 0 Å². The number of nitrogens with zero attached hydrogens (tertiary/aromatic N) is 4. The third-order valence-electron chi connectivity index (χ3n) is 5.07. The van der Waals surface area contributed by atoms with Crippen LogP contribution in [-0.2, 0) is 13.6 Å². The Morgan fingerprint density at radius 1 is 1.15 bits per heavy atom. The lowest BCUT2D eigenvalue weighted by Gasteiger charge is -2.34. The van der Waals surface area contributed by atoms with Crippen molar-refractivity contribution in [3.63, 3.8) is 0 Å². The molecule has 0 spiro atoms. The van der Waals surface area contributed by atoms with Gasteiger partial charge in [0, 0.05) is 39.8 Å². The molecule has 2 aromatic heterocycles. The Labute approximate surface area is 156 Å². The number of amides is 1. The van der Waals surface area contributed by atoms with Gasteiger partial charge in [0.15, 0.2) is 0 Å². The highest BCUT2D eigenvalue weighted by Gasteiger charge is 2.28. The van der Waals surface area contributed by atoms with Gasteiger partial charge in [0.25, 0.3) is 11.5 Å². The molecule has 1 aliphatic rings. The molecule has 7 nitrogen and oxygen atoms in total. The number of carbonyl (C=O) groups is 1. The van der Waals surface area contributed by atoms with Crippen molar-refractivity contribution in [2.24, 2.45) is 7.05 Å². The molecule has 1 saturated heterocycles. The number of rotatable bonds is 3. The van der Waals surface area contributed by atoms with Gasteiger partial charge in [-0.1, -0.05) is 30.3 Å². The van der Waals surface area contributed by atoms with Crippen molar-refractivity contribution in [2.45, 2.75) is 13.5 Å². The Morgan fingerprint density at radius 2 is 1.85 bits per heavy atom. The maximum atomic E-state index is 13.1. The van der Waals surface area contributed by atoms with E-state index in [1.165, 1.54) is 16.5 Å². The molecular weight excluding hydrogens is 344 g/mol. The van der Waals surface area contributed by atoms with Gasteiger partial charge < -0.3 is 13.9 Å². The van der Waals surface area contributed by atoms with Gasteiger partial charge in [0.2, 0.25) is 5.71 Å². The van der Waals surface area contributed by atoms with Gasteiger partial charge in [-0.25, -0.2) is 4.98 Å². The minimum atomic E-state index is -0.261. The molecule has 1 aromatic carbocycles. The number of aryl methyl sites for hydroxylation is 2. The van der Waals surface area contributed by atoms with E-state index in [-0.39, 0.29) is 22.6 Å². The number of piperazine rings is 1. The molecule has 1 fully saturated rings. The third kappa shape index (κ3) is 3.26. The number of hydrogen-bond acceptors (Lipinski definition) is 5. The molecule has 1 aliphatic heterocycles. The van der Waals surface area contributed by atoms with E-state index in [0.717, 1.165) is 19.6 Å². The zero-order valence-corrected chi connectivity index (χ0v) is 15.5. The van der Waals surface area contributed by atoms with Crippen molar-refractivity contribution < 1.29 is 9.21 Å². The van der Waals surface area contributed by atoms with Gasteiger partial charge >= 0.3 is 0 Å². The summed E-state index contributed by atoms with van der Waals surface area (Å²) in [5.41, 5.74) is 1.57. The van der Waals surface area contributed by atoms with Crippen LogP contribution in [0.4, 0.5) is 0 Å². The normalized spacial score (nSPS) is 15.4. The lowest BCUT2D eigenvalue weighted by Crippen LogP contribution is -2.48. The van der Waals surface area contributed by atoms with Crippen LogP contribution in [0.1, 0.15) is 21.7 Å². The van der Waals surface area contributed by atoms with Gasteiger partial charge in [-0.3, -0.25) is 14.5 Å². The summed E-state index contributed by atoms with van der Waals surface area (Å²) in [6.45, 7) is 5.43. The monoisotopic (exact) mass is 366 g/mol. The largest absolute Gasteiger partial charge is 0.442 e. The molecule has 27 heavy (non-hydrogen) atoms. The first kappa shape index (κ1) is 17.5. The summed E-state index contributed by atoms with van der Waals surface area (Å²) < 4.78 is 6.93. The lowest BCUT2D eigenvalue weighted by molar-refractivity contribution is 0.0628. The predicted molar refractivity (Wildman–Crippen MR) is 102 cm³/mol. The molecule has 3 heterocycles. The van der Waals surface area contributed by atoms with E-state index in [2.05, 4.69) is 22.0 Å². The van der Waals surface area contributed by atoms with Crippen LogP contribution in [-0.4, -0.2) is 51.4 Å². The molecule has 0 N–H and O–H groups in total. The minimum Gasteiger partial charge on any atom is -0.442 e. The fraction of sp³-hybridized carbons (Fsp3) is 0.350. The molecule has 7 heteroatoms. The van der Waals surface area contributed by atoms with E-state index in [4.69, 9.17) is 4.42 Å². The molecule has 0 unspecified atom stereocenters. The molecule has 3 aromatic rings. The van der Waals surface area contributed by atoms with Crippen LogP contribution < -0.4 is 5.56 Å². The first-order valence-electron chi connectivity index (χ1n) is 9.05. The van der Waals surface area contributed by atoms with Crippen LogP contribution in [0.15, 0.2) is 45.9 Å². The maximum Gasteiger partial charge on any atom is 0.265 e. The topological polar surface area (TPSA) is 71.6 Å². The molecular formula is C20H22N4O3. The number of benzene rings is 1. The first-order valence-corrected chi connectivity index (χ1v) is 9.05. The highest BCUT2D eigenvalue weighted by atomic mass is 16.3. The van der Waals surface area contributed by atoms with Crippen molar-refractivity contribution in [1.82, 2.24) is 19.4 Å². The van der Waals surface area contributed by atoms with Crippen LogP contribution in [0, 0.1) is 6.92 Å². The van der Waals surface area contributed by atoms with Gasteiger partial charge in [0.1, 0.15) is 17.5 Å². The van der Waals surface area contributed by atoms with Crippen molar-refractivity contribution in [3.8, 4) is 0 Å². The molecule has 0 bridgehead atoms. The van der Waals surface area contributed by atoms with E-state index in [0.29, 0.717) is 24.4 Å². The molecule has 0 saturated carbocycles. The number of aromatic nitrogens is 2. The van der Waals surface area contributed by atoms with E-state index >= 15 is 0 Å². The Balaban J connectivity index is 1.52. The predicted octanol–water partition coefficient (Wildman–Crippen LogP) is 1.79. The fourth-order valence-corrected chi connectivity index (χ4v) is 3.55. The second kappa shape index (κ2) is 7.00. The van der Waals surface area contributed by atoms with Crippen LogP contribution in [0.25, 0.3) is 11.1 Å². The summed E-state index contributed by atoms with van der Waals surface area (Å²) in [6.07, 6.45) is 1.41. The molecule has 140 valence electrons. The number of carbonyl (C=O) groups excluding carboxylic acids is 1. The van der Waals surface area contributed by atoms with Crippen LogP contribution >= 0.6 is 0 Å². The van der Waals surface area contributed by atoms with Crippen molar-refractivity contribution in [1.29, 1.82) is 0 Å². The van der Waals surface area contributed by atoms with E-state index in [1.54, 1.807) is 18.9 Å². The molecule has 0 atom stereocenters. The SMILES string of the molecule is Cc1oc2ncn(C)c(=O)c2c1C(=O)N1CCN(Cc2ccccc2)CC1. The Morgan fingerprint density at radius 3 is 2.56 bits per heavy atom. The molecule has 1 amide bonds. The number of hydrogen-bond donors (Lipinski definition) is 0. The Hall–Kier alpha value is -2.93. The quantitative estimate of drug-likeness (QED) is 0.707. The maximum absolute atomic E-state index is 13.1. The van der Waals surface area contributed by atoms with Gasteiger partial charge in [-0.05, 0) is 12.5 Å². The Kier molecular flexibility index (Phi) is 4.53. The molecule has 0 radical (unpaired) electrons. The Bertz CT molecular complexity index is 1030. The summed E-state index contributed by atoms with van der Waals surface area (Å²) in [4.78, 5) is 33.8. The summed E-state index contributed by atoms with van der Waals surface area (Å²) in [7, 11) is 1.62. The van der Waals surface area contributed by atoms with Gasteiger partial charge in [-0.2, -0.15) is 0 Å². The zero-order chi connectivity index (χ0) is 19.0. The standard InChI is InChI=1S/C20H22N4O3/c1-14-16(17-18(27-14)21-13-22(2)19(17)25)20(26)24-10-8-23(9-11-24)12-15-6-4-3-5-7-15/h3-7,13H,8-12H2,1-2H3. The van der Waals surface area contributed by atoms with Gasteiger partial charge in [-0.15, -0.1) is 0 Å². The minimum absolute atomic E-state index is 0.157. The van der Waals surface area contributed by atoms with Gasteiger partial charge in [0.05, 0.1) is 5.56 Å². The summed E-state index contributed by atoms with van der Waals surface area (Å²) >= 11 is 0. The second-order valence-electron chi connectivity index (χ2n) is 6.93. The number of fused-ring (bicyclic) bond motifs is 1. The van der Waals surface area contributed by atoms with Crippen molar-refractivity contribution >= 4 is 17.0 Å². The molecule has 0 aliphatic carbocycles. The second-order valence-corrected chi connectivity index (χ2v) is 6.93. The van der Waals surface area contributed by atoms with E-state index < -0.39 is 0 Å². The summed E-state index contributed by atoms with van der Waals surface area (Å²) in [6, 6.07) is 10.3. The van der Waals surface area contributed by atoms with E-state index in [9.17, 15) is 9.59 Å². The van der Waals surface area contributed by atoms with Crippen LogP contribution in [0.5, 0.6) is 0 Å². The van der Waals surface area contributed by atoms with Crippen molar-refractivity contribution in [2.75, 3.05) is 26.2 Å². The zero-order valence-electron chi connectivity index (χ0n) is 15.5. The summed E-state index contributed by atoms with van der Waals surface area (Å²) in [5.74, 6) is 0.285. The fourth-order valence-electron chi connectivity index (χ4n) is 3.55. The average molecular weight is 366 g/mol. The van der Waals surface area contributed by atoms with Crippen LogP contribution in [0.3, 0.4) is 0 Å². The molecule has 4 rings (SSSR count). The summed E-state index contributed by atoms with van der Waals surface area (Å²) in [5, 5.41) is 0.272. The highest BCUT2D eigenvalue weighted by molar-refractivity contribution is 6.06. The smallest absolute Gasteiger partial charge is 0.265 e.